The summed E-state index contributed by atoms with van der Waals surface area (Å²) in [5.74, 6) is -1.50. The molecule has 0 bridgehead atoms. The molecule has 18 heteroatoms. The first-order valence-electron chi connectivity index (χ1n) is 13.8. The molecule has 246 valence electrons. The highest BCUT2D eigenvalue weighted by atomic mass is 35.5. The number of carbonyl (C=O) groups excluding carboxylic acids is 1. The molecular formula is C27H30Cl2F3N5O6S2. The summed E-state index contributed by atoms with van der Waals surface area (Å²) in [6, 6.07) is -0.205. The van der Waals surface area contributed by atoms with Gasteiger partial charge in [0, 0.05) is 24.6 Å². The van der Waals surface area contributed by atoms with E-state index in [1.54, 1.807) is 9.62 Å². The number of halogens is 5. The molecule has 3 aromatic rings. The van der Waals surface area contributed by atoms with Crippen LogP contribution in [0.2, 0.25) is 10.0 Å². The van der Waals surface area contributed by atoms with E-state index in [0.717, 1.165) is 36.7 Å². The van der Waals surface area contributed by atoms with E-state index in [2.05, 4.69) is 15.1 Å². The van der Waals surface area contributed by atoms with Gasteiger partial charge in [-0.1, -0.05) is 41.3 Å². The number of alkyl halides is 3. The second kappa shape index (κ2) is 13.1. The van der Waals surface area contributed by atoms with Crippen LogP contribution >= 0.6 is 34.5 Å². The van der Waals surface area contributed by atoms with E-state index in [9.17, 15) is 36.3 Å². The molecule has 1 aliphatic rings. The second-order valence-corrected chi connectivity index (χ2v) is 14.7. The quantitative estimate of drug-likeness (QED) is 0.241. The molecule has 2 aromatic heterocycles. The molecule has 0 spiro atoms. The van der Waals surface area contributed by atoms with E-state index in [1.807, 2.05) is 6.92 Å². The van der Waals surface area contributed by atoms with Crippen LogP contribution in [0.4, 0.5) is 13.2 Å². The molecule has 0 radical (unpaired) electrons. The molecule has 0 saturated carbocycles. The maximum atomic E-state index is 13.8. The predicted octanol–water partition coefficient (Wildman–Crippen LogP) is 6.45. The molecule has 2 atom stereocenters. The molecule has 2 N–H and O–H groups in total. The number of amides is 1. The van der Waals surface area contributed by atoms with E-state index in [1.165, 1.54) is 26.8 Å². The molecule has 1 aliphatic heterocycles. The van der Waals surface area contributed by atoms with Gasteiger partial charge in [0.1, 0.15) is 16.6 Å². The summed E-state index contributed by atoms with van der Waals surface area (Å²) in [4.78, 5) is 35.3. The number of rotatable bonds is 10. The van der Waals surface area contributed by atoms with Crippen molar-refractivity contribution in [3.63, 3.8) is 0 Å². The fourth-order valence-electron chi connectivity index (χ4n) is 4.69. The van der Waals surface area contributed by atoms with Crippen LogP contribution in [0.25, 0.3) is 21.3 Å². The van der Waals surface area contributed by atoms with E-state index in [4.69, 9.17) is 27.7 Å². The molecule has 11 nitrogen and oxygen atoms in total. The van der Waals surface area contributed by atoms with E-state index >= 15 is 0 Å². The minimum atomic E-state index is -4.84. The standard InChI is InChI=1S/C27H30Cl2F3N5O6S2/c1-5-16(27(30,31)32)36-45(41,42)15-10-9-14(18(28)19(15)29)21-20(24(38)37-11-7-6-8-13(37)2)34-23(44-21)22-33-17(43-35-22)12-26(3,4)25(39)40/h9-10,13,16,36H,5-8,11-12H2,1-4H3,(H,39,40). The van der Waals surface area contributed by atoms with Gasteiger partial charge in [-0.05, 0) is 52.5 Å². The number of nitrogens with zero attached hydrogens (tertiary/aromatic N) is 4. The van der Waals surface area contributed by atoms with Crippen molar-refractivity contribution >= 4 is 56.4 Å². The summed E-state index contributed by atoms with van der Waals surface area (Å²) in [5.41, 5.74) is -1.14. The second-order valence-electron chi connectivity index (χ2n) is 11.3. The highest BCUT2D eigenvalue weighted by Gasteiger charge is 2.42. The van der Waals surface area contributed by atoms with Crippen molar-refractivity contribution in [1.29, 1.82) is 0 Å². The topological polar surface area (TPSA) is 156 Å². The lowest BCUT2D eigenvalue weighted by Crippen LogP contribution is -2.44. The van der Waals surface area contributed by atoms with Crippen molar-refractivity contribution in [2.24, 2.45) is 5.41 Å². The fourth-order valence-corrected chi connectivity index (χ4v) is 7.94. The van der Waals surface area contributed by atoms with Crippen LogP contribution in [-0.4, -0.2) is 70.2 Å². The maximum Gasteiger partial charge on any atom is 0.404 e. The number of likely N-dealkylation sites (tertiary alicyclic amines) is 1. The summed E-state index contributed by atoms with van der Waals surface area (Å²) in [6.07, 6.45) is -2.98. The van der Waals surface area contributed by atoms with Crippen LogP contribution in [0.5, 0.6) is 0 Å². The minimum Gasteiger partial charge on any atom is -0.481 e. The smallest absolute Gasteiger partial charge is 0.404 e. The molecule has 2 unspecified atom stereocenters. The summed E-state index contributed by atoms with van der Waals surface area (Å²) >= 11 is 13.8. The first kappa shape index (κ1) is 35.1. The highest BCUT2D eigenvalue weighted by Crippen LogP contribution is 2.44. The molecular weight excluding hydrogens is 682 g/mol. The van der Waals surface area contributed by atoms with Crippen molar-refractivity contribution in [2.45, 2.75) is 83.0 Å². The van der Waals surface area contributed by atoms with Gasteiger partial charge in [0.2, 0.25) is 21.7 Å². The molecule has 1 amide bonds. The summed E-state index contributed by atoms with van der Waals surface area (Å²) < 4.78 is 72.7. The number of hydrogen-bond acceptors (Lipinski definition) is 9. The van der Waals surface area contributed by atoms with Crippen molar-refractivity contribution in [3.8, 4) is 21.3 Å². The van der Waals surface area contributed by atoms with Crippen molar-refractivity contribution in [2.75, 3.05) is 6.54 Å². The lowest BCUT2D eigenvalue weighted by Gasteiger charge is -2.33. The van der Waals surface area contributed by atoms with Crippen LogP contribution in [0, 0.1) is 5.41 Å². The fraction of sp³-hybridized carbons (Fsp3) is 0.519. The SMILES string of the molecule is CCC(NS(=O)(=O)c1ccc(-c2sc(-c3noc(CC(C)(C)C(=O)O)n3)nc2C(=O)N2CCCCC2C)c(Cl)c1Cl)C(F)(F)F. The number of carbonyl (C=O) groups is 2. The Morgan fingerprint density at radius 2 is 1.89 bits per heavy atom. The zero-order valence-electron chi connectivity index (χ0n) is 24.5. The predicted molar refractivity (Wildman–Crippen MR) is 161 cm³/mol. The number of sulfonamides is 1. The maximum absolute atomic E-state index is 13.8. The number of aromatic nitrogens is 3. The highest BCUT2D eigenvalue weighted by molar-refractivity contribution is 7.89. The molecule has 45 heavy (non-hydrogen) atoms. The third-order valence-electron chi connectivity index (χ3n) is 7.41. The number of hydrogen-bond donors (Lipinski definition) is 2. The van der Waals surface area contributed by atoms with Crippen molar-refractivity contribution in [3.05, 3.63) is 33.8 Å². The van der Waals surface area contributed by atoms with Crippen molar-refractivity contribution < 1.29 is 40.8 Å². The Labute approximate surface area is 271 Å². The first-order chi connectivity index (χ1) is 20.9. The monoisotopic (exact) mass is 711 g/mol. The van der Waals surface area contributed by atoms with Crippen LogP contribution in [0.1, 0.15) is 69.8 Å². The Morgan fingerprint density at radius 1 is 1.20 bits per heavy atom. The molecule has 0 aliphatic carbocycles. The van der Waals surface area contributed by atoms with Gasteiger partial charge in [0.25, 0.3) is 5.91 Å². The zero-order chi connectivity index (χ0) is 33.5. The first-order valence-corrected chi connectivity index (χ1v) is 16.9. The molecule has 3 heterocycles. The van der Waals surface area contributed by atoms with Gasteiger partial charge in [-0.25, -0.2) is 13.4 Å². The molecule has 4 rings (SSSR count). The van der Waals surface area contributed by atoms with Gasteiger partial charge in [-0.3, -0.25) is 9.59 Å². The summed E-state index contributed by atoms with van der Waals surface area (Å²) in [5, 5.41) is 12.6. The third-order valence-corrected chi connectivity index (χ3v) is 11.0. The third kappa shape index (κ3) is 7.45. The Kier molecular flexibility index (Phi) is 10.2. The lowest BCUT2D eigenvalue weighted by atomic mass is 9.90. The van der Waals surface area contributed by atoms with Gasteiger partial charge in [0.15, 0.2) is 5.01 Å². The Hall–Kier alpha value is -2.79. The van der Waals surface area contributed by atoms with Gasteiger partial charge in [0.05, 0.1) is 20.3 Å². The molecule has 1 fully saturated rings. The van der Waals surface area contributed by atoms with E-state index in [-0.39, 0.29) is 50.3 Å². The van der Waals surface area contributed by atoms with Crippen LogP contribution in [0.15, 0.2) is 21.6 Å². The van der Waals surface area contributed by atoms with Crippen molar-refractivity contribution in [1.82, 2.24) is 24.7 Å². The zero-order valence-corrected chi connectivity index (χ0v) is 27.7. The number of benzene rings is 1. The number of piperidine rings is 1. The number of aliphatic carboxylic acids is 1. The summed E-state index contributed by atoms with van der Waals surface area (Å²) in [6.45, 7) is 6.54. The van der Waals surface area contributed by atoms with Crippen LogP contribution < -0.4 is 4.72 Å². The van der Waals surface area contributed by atoms with Gasteiger partial charge in [-0.2, -0.15) is 22.9 Å². The Bertz CT molecular complexity index is 1710. The molecule has 1 aromatic carbocycles. The van der Waals surface area contributed by atoms with Crippen LogP contribution in [-0.2, 0) is 21.2 Å². The number of thiazole rings is 1. The van der Waals surface area contributed by atoms with E-state index in [0.29, 0.717) is 6.54 Å². The van der Waals surface area contributed by atoms with Gasteiger partial charge < -0.3 is 14.5 Å². The number of carboxylic acids is 1. The normalized spacial score (nSPS) is 17.0. The minimum absolute atomic E-state index is 0.0217. The average molecular weight is 713 g/mol. The number of carboxylic acid groups (broad SMARTS) is 1. The van der Waals surface area contributed by atoms with E-state index < -0.39 is 55.9 Å². The number of nitrogens with one attached hydrogen (secondary N) is 1. The average Bonchev–Trinajstić information content (AvgIpc) is 3.59. The van der Waals surface area contributed by atoms with Gasteiger partial charge >= 0.3 is 12.1 Å². The summed E-state index contributed by atoms with van der Waals surface area (Å²) in [7, 11) is -4.76. The van der Waals surface area contributed by atoms with Crippen LogP contribution in [0.3, 0.4) is 0 Å². The van der Waals surface area contributed by atoms with Gasteiger partial charge in [-0.15, -0.1) is 11.3 Å². The Morgan fingerprint density at radius 3 is 2.49 bits per heavy atom. The Balaban J connectivity index is 1.80. The largest absolute Gasteiger partial charge is 0.481 e. The lowest BCUT2D eigenvalue weighted by molar-refractivity contribution is -0.151. The molecule has 1 saturated heterocycles.